The molecule has 0 spiro atoms. The number of nitro groups is 1. The molecule has 1 N–H and O–H groups in total. The number of aryl methyl sites for hydroxylation is 3. The van der Waals surface area contributed by atoms with E-state index in [1.807, 2.05) is 20.2 Å². The van der Waals surface area contributed by atoms with Crippen LogP contribution in [0.2, 0.25) is 0 Å². The summed E-state index contributed by atoms with van der Waals surface area (Å²) in [6.45, 7) is 3.63. The fourth-order valence-corrected chi connectivity index (χ4v) is 1.85. The van der Waals surface area contributed by atoms with E-state index in [2.05, 4.69) is 15.4 Å². The molecule has 0 aliphatic heterocycles. The average molecular weight is 261 g/mol. The van der Waals surface area contributed by atoms with E-state index in [-0.39, 0.29) is 5.69 Å². The lowest BCUT2D eigenvalue weighted by atomic mass is 10.3. The van der Waals surface area contributed by atoms with E-state index < -0.39 is 4.92 Å². The Kier molecular flexibility index (Phi) is 3.46. The zero-order valence-electron chi connectivity index (χ0n) is 11.0. The maximum Gasteiger partial charge on any atom is 0.290 e. The van der Waals surface area contributed by atoms with Gasteiger partial charge in [-0.25, -0.2) is 4.98 Å². The maximum absolute atomic E-state index is 10.7. The first-order valence-corrected chi connectivity index (χ1v) is 5.93. The van der Waals surface area contributed by atoms with Crippen LogP contribution in [0, 0.1) is 17.0 Å². The van der Waals surface area contributed by atoms with Crippen LogP contribution in [0.4, 0.5) is 17.2 Å². The van der Waals surface area contributed by atoms with Crippen molar-refractivity contribution in [1.82, 2.24) is 14.8 Å². The van der Waals surface area contributed by atoms with Crippen LogP contribution in [0.5, 0.6) is 0 Å². The minimum atomic E-state index is -0.437. The molecule has 0 aromatic carbocycles. The number of hydrogen-bond acceptors (Lipinski definition) is 5. The van der Waals surface area contributed by atoms with Gasteiger partial charge < -0.3 is 5.32 Å². The molecule has 19 heavy (non-hydrogen) atoms. The lowest BCUT2D eigenvalue weighted by Crippen LogP contribution is -1.99. The van der Waals surface area contributed by atoms with Crippen LogP contribution in [-0.4, -0.2) is 19.7 Å². The van der Waals surface area contributed by atoms with Gasteiger partial charge in [-0.2, -0.15) is 5.10 Å². The van der Waals surface area contributed by atoms with Crippen molar-refractivity contribution in [3.05, 3.63) is 39.8 Å². The van der Waals surface area contributed by atoms with Crippen LogP contribution < -0.4 is 5.32 Å². The Labute approximate surface area is 110 Å². The predicted molar refractivity (Wildman–Crippen MR) is 71.5 cm³/mol. The van der Waals surface area contributed by atoms with Crippen molar-refractivity contribution in [3.63, 3.8) is 0 Å². The summed E-state index contributed by atoms with van der Waals surface area (Å²) >= 11 is 0. The Balaban J connectivity index is 2.28. The van der Waals surface area contributed by atoms with Crippen molar-refractivity contribution < 1.29 is 4.92 Å². The van der Waals surface area contributed by atoms with Crippen LogP contribution >= 0.6 is 0 Å². The molecular weight excluding hydrogens is 246 g/mol. The summed E-state index contributed by atoms with van der Waals surface area (Å²) in [4.78, 5) is 14.5. The van der Waals surface area contributed by atoms with Crippen molar-refractivity contribution >= 4 is 17.2 Å². The number of rotatable bonds is 4. The van der Waals surface area contributed by atoms with E-state index in [1.165, 1.54) is 6.07 Å². The lowest BCUT2D eigenvalue weighted by Gasteiger charge is -2.05. The van der Waals surface area contributed by atoms with Gasteiger partial charge in [0.25, 0.3) is 5.69 Å². The molecule has 7 heteroatoms. The number of anilines is 2. The third-order valence-corrected chi connectivity index (χ3v) is 2.76. The molecule has 0 radical (unpaired) electrons. The van der Waals surface area contributed by atoms with Crippen molar-refractivity contribution in [2.24, 2.45) is 7.05 Å². The number of hydrogen-bond donors (Lipinski definition) is 1. The molecule has 0 bridgehead atoms. The van der Waals surface area contributed by atoms with Crippen molar-refractivity contribution in [2.45, 2.75) is 20.3 Å². The van der Waals surface area contributed by atoms with Crippen LogP contribution in [-0.2, 0) is 13.5 Å². The first-order valence-electron chi connectivity index (χ1n) is 5.93. The normalized spacial score (nSPS) is 10.5. The smallest absolute Gasteiger partial charge is 0.290 e. The summed E-state index contributed by atoms with van der Waals surface area (Å²) in [5.74, 6) is 0.575. The van der Waals surface area contributed by atoms with E-state index in [0.717, 1.165) is 17.8 Å². The molecule has 0 saturated carbocycles. The molecule has 0 aliphatic rings. The molecule has 100 valence electrons. The highest BCUT2D eigenvalue weighted by Gasteiger charge is 2.13. The van der Waals surface area contributed by atoms with E-state index in [1.54, 1.807) is 17.7 Å². The number of pyridine rings is 1. The highest BCUT2D eigenvalue weighted by molar-refractivity contribution is 5.59. The Morgan fingerprint density at radius 3 is 2.79 bits per heavy atom. The maximum atomic E-state index is 10.7. The van der Waals surface area contributed by atoms with Gasteiger partial charge in [-0.15, -0.1) is 0 Å². The molecular formula is C12H15N5O2. The topological polar surface area (TPSA) is 85.9 Å². The Morgan fingerprint density at radius 2 is 2.21 bits per heavy atom. The minimum absolute atomic E-state index is 0.0208. The Hall–Kier alpha value is -2.44. The first-order chi connectivity index (χ1) is 9.01. The van der Waals surface area contributed by atoms with Gasteiger partial charge in [0.05, 0.1) is 16.3 Å². The molecule has 2 aromatic rings. The number of nitrogens with zero attached hydrogens (tertiary/aromatic N) is 4. The largest absolute Gasteiger partial charge is 0.337 e. The van der Waals surface area contributed by atoms with Gasteiger partial charge >= 0.3 is 0 Å². The van der Waals surface area contributed by atoms with Gasteiger partial charge in [-0.3, -0.25) is 14.8 Å². The SMILES string of the molecule is CCc1nn(C)cc1Nc1ccc([N+](=O)[O-])c(C)n1. The van der Waals surface area contributed by atoms with Crippen LogP contribution in [0.25, 0.3) is 0 Å². The van der Waals surface area contributed by atoms with E-state index in [0.29, 0.717) is 11.5 Å². The number of nitrogens with one attached hydrogen (secondary N) is 1. The quantitative estimate of drug-likeness (QED) is 0.674. The second kappa shape index (κ2) is 5.05. The minimum Gasteiger partial charge on any atom is -0.337 e. The van der Waals surface area contributed by atoms with Crippen molar-refractivity contribution in [3.8, 4) is 0 Å². The van der Waals surface area contributed by atoms with Gasteiger partial charge in [0.2, 0.25) is 0 Å². The Bertz CT molecular complexity index is 621. The van der Waals surface area contributed by atoms with E-state index in [9.17, 15) is 10.1 Å². The monoisotopic (exact) mass is 261 g/mol. The third kappa shape index (κ3) is 2.70. The second-order valence-electron chi connectivity index (χ2n) is 4.20. The molecule has 0 fully saturated rings. The summed E-state index contributed by atoms with van der Waals surface area (Å²) < 4.78 is 1.72. The summed E-state index contributed by atoms with van der Waals surface area (Å²) in [6, 6.07) is 3.05. The molecule has 0 unspecified atom stereocenters. The molecule has 2 heterocycles. The Morgan fingerprint density at radius 1 is 1.47 bits per heavy atom. The molecule has 0 saturated heterocycles. The van der Waals surface area contributed by atoms with E-state index >= 15 is 0 Å². The summed E-state index contributed by atoms with van der Waals surface area (Å²) in [5.41, 5.74) is 2.20. The fourth-order valence-electron chi connectivity index (χ4n) is 1.85. The first kappa shape index (κ1) is 13.0. The summed E-state index contributed by atoms with van der Waals surface area (Å²) in [5, 5.41) is 18.2. The molecule has 2 aromatic heterocycles. The van der Waals surface area contributed by atoms with Crippen LogP contribution in [0.3, 0.4) is 0 Å². The molecule has 0 atom stereocenters. The summed E-state index contributed by atoms with van der Waals surface area (Å²) in [6.07, 6.45) is 2.66. The van der Waals surface area contributed by atoms with Gasteiger partial charge in [0, 0.05) is 19.3 Å². The van der Waals surface area contributed by atoms with Crippen LogP contribution in [0.15, 0.2) is 18.3 Å². The average Bonchev–Trinajstić information content (AvgIpc) is 2.69. The van der Waals surface area contributed by atoms with Crippen molar-refractivity contribution in [2.75, 3.05) is 5.32 Å². The molecule has 0 aliphatic carbocycles. The van der Waals surface area contributed by atoms with Crippen LogP contribution in [0.1, 0.15) is 18.3 Å². The fraction of sp³-hybridized carbons (Fsp3) is 0.333. The summed E-state index contributed by atoms with van der Waals surface area (Å²) in [7, 11) is 1.85. The lowest BCUT2D eigenvalue weighted by molar-refractivity contribution is -0.385. The highest BCUT2D eigenvalue weighted by atomic mass is 16.6. The standard InChI is InChI=1S/C12H15N5O2/c1-4-9-10(7-16(3)15-9)14-12-6-5-11(17(18)19)8(2)13-12/h5-7H,4H2,1-3H3,(H,13,14). The highest BCUT2D eigenvalue weighted by Crippen LogP contribution is 2.22. The predicted octanol–water partition coefficient (Wildman–Crippen LogP) is 2.34. The van der Waals surface area contributed by atoms with Crippen molar-refractivity contribution in [1.29, 1.82) is 0 Å². The second-order valence-corrected chi connectivity index (χ2v) is 4.20. The van der Waals surface area contributed by atoms with Gasteiger partial charge in [-0.1, -0.05) is 6.92 Å². The number of aromatic nitrogens is 3. The molecule has 7 nitrogen and oxygen atoms in total. The zero-order valence-corrected chi connectivity index (χ0v) is 11.0. The third-order valence-electron chi connectivity index (χ3n) is 2.76. The molecule has 0 amide bonds. The van der Waals surface area contributed by atoms with E-state index in [4.69, 9.17) is 0 Å². The van der Waals surface area contributed by atoms with Gasteiger partial charge in [0.15, 0.2) is 0 Å². The van der Waals surface area contributed by atoms with Gasteiger partial charge in [-0.05, 0) is 19.4 Å². The zero-order chi connectivity index (χ0) is 14.0. The molecule has 2 rings (SSSR count). The van der Waals surface area contributed by atoms with Gasteiger partial charge in [0.1, 0.15) is 11.5 Å².